The van der Waals surface area contributed by atoms with Crippen LogP contribution in [0.25, 0.3) is 10.9 Å². The second kappa shape index (κ2) is 9.40. The van der Waals surface area contributed by atoms with Crippen LogP contribution in [-0.2, 0) is 10.0 Å². The Morgan fingerprint density at radius 2 is 1.69 bits per heavy atom. The normalized spacial score (nSPS) is 16.7. The summed E-state index contributed by atoms with van der Waals surface area (Å²) in [7, 11) is -1.99. The molecule has 170 valence electrons. The fourth-order valence-electron chi connectivity index (χ4n) is 3.89. The van der Waals surface area contributed by atoms with Crippen molar-refractivity contribution < 1.29 is 17.9 Å². The minimum atomic E-state index is -3.54. The first kappa shape index (κ1) is 22.4. The highest BCUT2D eigenvalue weighted by atomic mass is 32.2. The maximum Gasteiger partial charge on any atom is 0.243 e. The van der Waals surface area contributed by atoms with E-state index in [4.69, 9.17) is 14.5 Å². The van der Waals surface area contributed by atoms with Gasteiger partial charge in [0.25, 0.3) is 0 Å². The Morgan fingerprint density at radius 3 is 2.34 bits per heavy atom. The van der Waals surface area contributed by atoms with Crippen LogP contribution in [0.3, 0.4) is 0 Å². The van der Waals surface area contributed by atoms with Crippen LogP contribution in [0.2, 0.25) is 0 Å². The molecule has 9 heteroatoms. The van der Waals surface area contributed by atoms with Crippen molar-refractivity contribution >= 4 is 20.9 Å². The third-order valence-electron chi connectivity index (χ3n) is 5.76. The van der Waals surface area contributed by atoms with Crippen molar-refractivity contribution in [1.82, 2.24) is 19.2 Å². The van der Waals surface area contributed by atoms with Gasteiger partial charge in [-0.25, -0.2) is 13.4 Å². The van der Waals surface area contributed by atoms with Gasteiger partial charge < -0.3 is 9.47 Å². The third kappa shape index (κ3) is 4.41. The average molecular weight is 457 g/mol. The zero-order valence-electron chi connectivity index (χ0n) is 18.6. The molecule has 8 nitrogen and oxygen atoms in total. The topological polar surface area (TPSA) is 84.9 Å². The molecule has 1 unspecified atom stereocenters. The van der Waals surface area contributed by atoms with Crippen LogP contribution < -0.4 is 9.47 Å². The SMILES string of the molecule is CCOc1nc(C(C)N2CCN(S(=O)(=O)c3ccc(OC)cc3)CC2)nc2ccccc12. The van der Waals surface area contributed by atoms with Gasteiger partial charge in [-0.05, 0) is 50.2 Å². The summed E-state index contributed by atoms with van der Waals surface area (Å²) in [5.41, 5.74) is 0.841. The number of ether oxygens (including phenoxy) is 2. The minimum Gasteiger partial charge on any atom is -0.497 e. The maximum atomic E-state index is 13.0. The first-order chi connectivity index (χ1) is 15.4. The van der Waals surface area contributed by atoms with Gasteiger partial charge in [-0.15, -0.1) is 0 Å². The van der Waals surface area contributed by atoms with Crippen molar-refractivity contribution in [3.63, 3.8) is 0 Å². The molecule has 1 atom stereocenters. The van der Waals surface area contributed by atoms with Gasteiger partial charge in [-0.1, -0.05) is 12.1 Å². The molecule has 32 heavy (non-hydrogen) atoms. The molecule has 1 aliphatic rings. The highest BCUT2D eigenvalue weighted by Gasteiger charge is 2.31. The molecule has 0 radical (unpaired) electrons. The molecule has 3 aromatic rings. The predicted octanol–water partition coefficient (Wildman–Crippen LogP) is 3.10. The van der Waals surface area contributed by atoms with Crippen LogP contribution in [0.4, 0.5) is 0 Å². The summed E-state index contributed by atoms with van der Waals surface area (Å²) in [5, 5.41) is 0.890. The molecule has 2 aromatic carbocycles. The Balaban J connectivity index is 1.49. The van der Waals surface area contributed by atoms with E-state index >= 15 is 0 Å². The quantitative estimate of drug-likeness (QED) is 0.540. The molecular formula is C23H28N4O4S. The van der Waals surface area contributed by atoms with Crippen LogP contribution in [0.5, 0.6) is 11.6 Å². The molecule has 0 bridgehead atoms. The van der Waals surface area contributed by atoms with Gasteiger partial charge in [-0.2, -0.15) is 9.29 Å². The van der Waals surface area contributed by atoms with Crippen molar-refractivity contribution in [3.05, 3.63) is 54.4 Å². The number of nitrogens with zero attached hydrogens (tertiary/aromatic N) is 4. The largest absolute Gasteiger partial charge is 0.497 e. The van der Waals surface area contributed by atoms with E-state index in [0.29, 0.717) is 50.2 Å². The summed E-state index contributed by atoms with van der Waals surface area (Å²) >= 11 is 0. The van der Waals surface area contributed by atoms with Crippen molar-refractivity contribution in [2.75, 3.05) is 39.9 Å². The number of methoxy groups -OCH3 is 1. The Hall–Kier alpha value is -2.75. The summed E-state index contributed by atoms with van der Waals surface area (Å²) in [6.45, 7) is 6.51. The summed E-state index contributed by atoms with van der Waals surface area (Å²) in [6, 6.07) is 14.2. The minimum absolute atomic E-state index is 0.0651. The second-order valence-corrected chi connectivity index (χ2v) is 9.57. The lowest BCUT2D eigenvalue weighted by Crippen LogP contribution is -2.49. The molecule has 0 amide bonds. The van der Waals surface area contributed by atoms with Crippen LogP contribution >= 0.6 is 0 Å². The number of hydrogen-bond donors (Lipinski definition) is 0. The standard InChI is InChI=1S/C23H28N4O4S/c1-4-31-23-20-7-5-6-8-21(20)24-22(25-23)17(2)26-13-15-27(16-14-26)32(28,29)19-11-9-18(30-3)10-12-19/h5-12,17H,4,13-16H2,1-3H3. The highest BCUT2D eigenvalue weighted by molar-refractivity contribution is 7.89. The van der Waals surface area contributed by atoms with Crippen LogP contribution in [0.15, 0.2) is 53.4 Å². The van der Waals surface area contributed by atoms with Gasteiger partial charge in [0.15, 0.2) is 0 Å². The summed E-state index contributed by atoms with van der Waals surface area (Å²) in [6.07, 6.45) is 0. The molecule has 0 saturated carbocycles. The van der Waals surface area contributed by atoms with E-state index in [1.54, 1.807) is 31.4 Å². The predicted molar refractivity (Wildman–Crippen MR) is 122 cm³/mol. The van der Waals surface area contributed by atoms with E-state index in [9.17, 15) is 8.42 Å². The lowest BCUT2D eigenvalue weighted by Gasteiger charge is -2.36. The molecule has 2 heterocycles. The zero-order chi connectivity index (χ0) is 22.7. The number of piperazine rings is 1. The van der Waals surface area contributed by atoms with Gasteiger partial charge >= 0.3 is 0 Å². The molecule has 4 rings (SSSR count). The van der Waals surface area contributed by atoms with Crippen molar-refractivity contribution in [1.29, 1.82) is 0 Å². The first-order valence-corrected chi connectivity index (χ1v) is 12.2. The maximum absolute atomic E-state index is 13.0. The molecule has 1 fully saturated rings. The van der Waals surface area contributed by atoms with Crippen molar-refractivity contribution in [3.8, 4) is 11.6 Å². The first-order valence-electron chi connectivity index (χ1n) is 10.7. The fourth-order valence-corrected chi connectivity index (χ4v) is 5.31. The monoisotopic (exact) mass is 456 g/mol. The lowest BCUT2D eigenvalue weighted by atomic mass is 10.2. The smallest absolute Gasteiger partial charge is 0.243 e. The summed E-state index contributed by atoms with van der Waals surface area (Å²) < 4.78 is 38.5. The van der Waals surface area contributed by atoms with Crippen molar-refractivity contribution in [2.45, 2.75) is 24.8 Å². The van der Waals surface area contributed by atoms with E-state index in [1.807, 2.05) is 38.1 Å². The second-order valence-electron chi connectivity index (χ2n) is 7.63. The van der Waals surface area contributed by atoms with Crippen LogP contribution in [0.1, 0.15) is 25.7 Å². The van der Waals surface area contributed by atoms with Crippen molar-refractivity contribution in [2.24, 2.45) is 0 Å². The number of fused-ring (bicyclic) bond motifs is 1. The Labute approximate surface area is 188 Å². The van der Waals surface area contributed by atoms with Gasteiger partial charge in [0.2, 0.25) is 15.9 Å². The fraction of sp³-hybridized carbons (Fsp3) is 0.391. The molecule has 1 aromatic heterocycles. The van der Waals surface area contributed by atoms with E-state index in [-0.39, 0.29) is 10.9 Å². The molecule has 0 spiro atoms. The Morgan fingerprint density at radius 1 is 1.00 bits per heavy atom. The van der Waals surface area contributed by atoms with Crippen LogP contribution in [0, 0.1) is 0 Å². The Bertz CT molecular complexity index is 1180. The highest BCUT2D eigenvalue weighted by Crippen LogP contribution is 2.28. The number of sulfonamides is 1. The molecule has 0 aliphatic carbocycles. The molecule has 1 saturated heterocycles. The summed E-state index contributed by atoms with van der Waals surface area (Å²) in [4.78, 5) is 11.9. The third-order valence-corrected chi connectivity index (χ3v) is 7.67. The van der Waals surface area contributed by atoms with E-state index in [2.05, 4.69) is 9.88 Å². The van der Waals surface area contributed by atoms with Gasteiger partial charge in [0.1, 0.15) is 11.6 Å². The summed E-state index contributed by atoms with van der Waals surface area (Å²) in [5.74, 6) is 1.89. The number of aromatic nitrogens is 2. The van der Waals surface area contributed by atoms with Gasteiger partial charge in [0.05, 0.1) is 35.6 Å². The molecule has 1 aliphatic heterocycles. The average Bonchev–Trinajstić information content (AvgIpc) is 2.83. The number of benzene rings is 2. The van der Waals surface area contributed by atoms with Crippen LogP contribution in [-0.4, -0.2) is 67.5 Å². The van der Waals surface area contributed by atoms with E-state index in [1.165, 1.54) is 4.31 Å². The van der Waals surface area contributed by atoms with E-state index < -0.39 is 10.0 Å². The molecule has 0 N–H and O–H groups in total. The van der Waals surface area contributed by atoms with Gasteiger partial charge in [-0.3, -0.25) is 4.90 Å². The molecular weight excluding hydrogens is 428 g/mol. The van der Waals surface area contributed by atoms with Gasteiger partial charge in [0, 0.05) is 26.2 Å². The Kier molecular flexibility index (Phi) is 6.59. The number of para-hydroxylation sites is 1. The lowest BCUT2D eigenvalue weighted by molar-refractivity contribution is 0.140. The zero-order valence-corrected chi connectivity index (χ0v) is 19.4. The number of rotatable bonds is 7. The van der Waals surface area contributed by atoms with E-state index in [0.717, 1.165) is 10.9 Å². The number of hydrogen-bond acceptors (Lipinski definition) is 7.